The smallest absolute Gasteiger partial charge is 0.268 e. The van der Waals surface area contributed by atoms with Crippen molar-refractivity contribution in [2.24, 2.45) is 0 Å². The highest BCUT2D eigenvalue weighted by Crippen LogP contribution is 2.28. The van der Waals surface area contributed by atoms with Gasteiger partial charge in [-0.25, -0.2) is 4.39 Å². The number of carbonyl (C=O) groups is 2. The Kier molecular flexibility index (Phi) is 4.64. The van der Waals surface area contributed by atoms with Crippen LogP contribution in [0.4, 0.5) is 10.1 Å². The summed E-state index contributed by atoms with van der Waals surface area (Å²) in [5.74, 6) is -1.77. The van der Waals surface area contributed by atoms with Crippen molar-refractivity contribution in [1.82, 2.24) is 5.32 Å². The molecule has 2 heterocycles. The molecule has 0 radical (unpaired) electrons. The molecule has 0 unspecified atom stereocenters. The summed E-state index contributed by atoms with van der Waals surface area (Å²) in [7, 11) is 0. The average Bonchev–Trinajstić information content (AvgIpc) is 3.18. The number of hydrogen-bond acceptors (Lipinski definition) is 4. The quantitative estimate of drug-likeness (QED) is 0.809. The number of rotatable bonds is 5. The molecule has 126 valence electrons. The number of benzene rings is 1. The fourth-order valence-corrected chi connectivity index (χ4v) is 3.39. The number of nitrogens with zero attached hydrogens (tertiary/aromatic N) is 1. The molecule has 1 aromatic carbocycles. The predicted molar refractivity (Wildman–Crippen MR) is 89.4 cm³/mol. The monoisotopic (exact) mass is 348 g/mol. The summed E-state index contributed by atoms with van der Waals surface area (Å²) in [5.41, 5.74) is -1.60. The van der Waals surface area contributed by atoms with E-state index in [1.807, 2.05) is 17.5 Å². The molecule has 2 aromatic rings. The molecule has 5 nitrogen and oxygen atoms in total. The minimum Gasteiger partial charge on any atom is -0.372 e. The van der Waals surface area contributed by atoms with E-state index in [1.165, 1.54) is 29.2 Å². The Morgan fingerprint density at radius 1 is 1.33 bits per heavy atom. The van der Waals surface area contributed by atoms with Crippen molar-refractivity contribution in [2.45, 2.75) is 18.4 Å². The molecule has 0 spiro atoms. The van der Waals surface area contributed by atoms with Crippen LogP contribution in [-0.4, -0.2) is 35.6 Å². The number of thiophene rings is 1. The van der Waals surface area contributed by atoms with Crippen LogP contribution in [0.15, 0.2) is 41.8 Å². The number of carbonyl (C=O) groups excluding carboxylic acids is 2. The van der Waals surface area contributed by atoms with Gasteiger partial charge < -0.3 is 15.3 Å². The first kappa shape index (κ1) is 16.6. The highest BCUT2D eigenvalue weighted by Gasteiger charge is 2.51. The van der Waals surface area contributed by atoms with Crippen molar-refractivity contribution in [3.8, 4) is 0 Å². The summed E-state index contributed by atoms with van der Waals surface area (Å²) in [4.78, 5) is 27.2. The molecule has 0 aliphatic carbocycles. The van der Waals surface area contributed by atoms with Crippen LogP contribution in [0.25, 0.3) is 0 Å². The predicted octanol–water partition coefficient (Wildman–Crippen LogP) is 1.71. The molecule has 0 saturated carbocycles. The summed E-state index contributed by atoms with van der Waals surface area (Å²) in [5, 5.41) is 15.1. The van der Waals surface area contributed by atoms with Crippen LogP contribution in [-0.2, 0) is 16.0 Å². The SMILES string of the molecule is O=C(NCCc1cccs1)[C@@]1(O)CCN(c2ccc(F)cc2)C1=O. The Morgan fingerprint density at radius 3 is 2.75 bits per heavy atom. The molecule has 24 heavy (non-hydrogen) atoms. The van der Waals surface area contributed by atoms with Gasteiger partial charge in [0.1, 0.15) is 5.82 Å². The second-order valence-corrected chi connectivity index (χ2v) is 6.66. The van der Waals surface area contributed by atoms with Crippen molar-refractivity contribution < 1.29 is 19.1 Å². The molecule has 1 aliphatic heterocycles. The Balaban J connectivity index is 1.63. The summed E-state index contributed by atoms with van der Waals surface area (Å²) in [6.45, 7) is 0.560. The Bertz CT molecular complexity index is 733. The maximum atomic E-state index is 13.0. The number of anilines is 1. The third kappa shape index (κ3) is 3.18. The van der Waals surface area contributed by atoms with Gasteiger partial charge in [-0.15, -0.1) is 11.3 Å². The molecule has 1 fully saturated rings. The first-order valence-corrected chi connectivity index (χ1v) is 8.49. The molecule has 2 amide bonds. The standard InChI is InChI=1S/C17H17FN2O3S/c18-12-3-5-13(6-4-12)20-10-8-17(23,16(20)22)15(21)19-9-7-14-2-1-11-24-14/h1-6,11,23H,7-10H2,(H,19,21)/t17-/m0/s1. The molecule has 1 aromatic heterocycles. The Labute approximate surface area is 142 Å². The van der Waals surface area contributed by atoms with Crippen LogP contribution in [0, 0.1) is 5.82 Å². The summed E-state index contributed by atoms with van der Waals surface area (Å²) in [6, 6.07) is 9.27. The van der Waals surface area contributed by atoms with E-state index in [0.29, 0.717) is 18.7 Å². The largest absolute Gasteiger partial charge is 0.372 e. The number of halogens is 1. The van der Waals surface area contributed by atoms with E-state index < -0.39 is 23.2 Å². The van der Waals surface area contributed by atoms with Crippen molar-refractivity contribution >= 4 is 28.8 Å². The fraction of sp³-hybridized carbons (Fsp3) is 0.294. The molecule has 1 atom stereocenters. The van der Waals surface area contributed by atoms with Gasteiger partial charge in [0.05, 0.1) is 0 Å². The van der Waals surface area contributed by atoms with Crippen molar-refractivity contribution in [3.63, 3.8) is 0 Å². The maximum Gasteiger partial charge on any atom is 0.268 e. The third-order valence-corrected chi connectivity index (χ3v) is 4.98. The Morgan fingerprint density at radius 2 is 2.08 bits per heavy atom. The lowest BCUT2D eigenvalue weighted by molar-refractivity contribution is -0.149. The van der Waals surface area contributed by atoms with Gasteiger partial charge in [-0.1, -0.05) is 6.07 Å². The van der Waals surface area contributed by atoms with E-state index >= 15 is 0 Å². The number of amides is 2. The number of hydrogen-bond donors (Lipinski definition) is 2. The van der Waals surface area contributed by atoms with E-state index in [2.05, 4.69) is 5.32 Å². The van der Waals surface area contributed by atoms with E-state index in [4.69, 9.17) is 0 Å². The fourth-order valence-electron chi connectivity index (χ4n) is 2.68. The zero-order valence-corrected chi connectivity index (χ0v) is 13.7. The summed E-state index contributed by atoms with van der Waals surface area (Å²) < 4.78 is 13.0. The van der Waals surface area contributed by atoms with E-state index in [-0.39, 0.29) is 13.0 Å². The highest BCUT2D eigenvalue weighted by atomic mass is 32.1. The molecule has 7 heteroatoms. The van der Waals surface area contributed by atoms with Crippen LogP contribution in [0.1, 0.15) is 11.3 Å². The number of aliphatic hydroxyl groups is 1. The van der Waals surface area contributed by atoms with E-state index in [1.54, 1.807) is 11.3 Å². The zero-order valence-electron chi connectivity index (χ0n) is 12.9. The summed E-state index contributed by atoms with van der Waals surface area (Å²) in [6.07, 6.45) is 0.656. The summed E-state index contributed by atoms with van der Waals surface area (Å²) >= 11 is 1.59. The third-order valence-electron chi connectivity index (χ3n) is 4.05. The van der Waals surface area contributed by atoms with Crippen molar-refractivity contribution in [2.75, 3.05) is 18.0 Å². The molecular weight excluding hydrogens is 331 g/mol. The van der Waals surface area contributed by atoms with Gasteiger partial charge in [0, 0.05) is 30.1 Å². The van der Waals surface area contributed by atoms with E-state index in [9.17, 15) is 19.1 Å². The second-order valence-electron chi connectivity index (χ2n) is 5.63. The van der Waals surface area contributed by atoms with Gasteiger partial charge >= 0.3 is 0 Å². The van der Waals surface area contributed by atoms with Crippen LogP contribution in [0.3, 0.4) is 0 Å². The molecule has 3 rings (SSSR count). The lowest BCUT2D eigenvalue weighted by Gasteiger charge is -2.21. The zero-order chi connectivity index (χ0) is 17.2. The first-order valence-electron chi connectivity index (χ1n) is 7.61. The first-order chi connectivity index (χ1) is 11.5. The molecule has 1 aliphatic rings. The van der Waals surface area contributed by atoms with Crippen LogP contribution < -0.4 is 10.2 Å². The van der Waals surface area contributed by atoms with Gasteiger partial charge in [-0.2, -0.15) is 0 Å². The Hall–Kier alpha value is -2.25. The lowest BCUT2D eigenvalue weighted by Crippen LogP contribution is -2.52. The topological polar surface area (TPSA) is 69.6 Å². The van der Waals surface area contributed by atoms with E-state index in [0.717, 1.165) is 4.88 Å². The minimum absolute atomic E-state index is 0.00798. The second kappa shape index (κ2) is 6.70. The van der Waals surface area contributed by atoms with Gasteiger partial charge in [-0.05, 0) is 42.1 Å². The molecule has 2 N–H and O–H groups in total. The van der Waals surface area contributed by atoms with Gasteiger partial charge in [-0.3, -0.25) is 9.59 Å². The molecule has 0 bridgehead atoms. The number of nitrogens with one attached hydrogen (secondary N) is 1. The van der Waals surface area contributed by atoms with Crippen LogP contribution in [0.5, 0.6) is 0 Å². The molecular formula is C17H17FN2O3S. The van der Waals surface area contributed by atoms with Crippen LogP contribution in [0.2, 0.25) is 0 Å². The van der Waals surface area contributed by atoms with Crippen molar-refractivity contribution in [1.29, 1.82) is 0 Å². The van der Waals surface area contributed by atoms with Gasteiger partial charge in [0.15, 0.2) is 0 Å². The maximum absolute atomic E-state index is 13.0. The van der Waals surface area contributed by atoms with Crippen molar-refractivity contribution in [3.05, 3.63) is 52.5 Å². The highest BCUT2D eigenvalue weighted by molar-refractivity contribution is 7.09. The molecule has 1 saturated heterocycles. The normalized spacial score (nSPS) is 20.4. The minimum atomic E-state index is -2.07. The van der Waals surface area contributed by atoms with Crippen LogP contribution >= 0.6 is 11.3 Å². The lowest BCUT2D eigenvalue weighted by atomic mass is 10.0. The van der Waals surface area contributed by atoms with Gasteiger partial charge in [0.25, 0.3) is 11.8 Å². The van der Waals surface area contributed by atoms with Gasteiger partial charge in [0.2, 0.25) is 5.60 Å². The average molecular weight is 348 g/mol.